The van der Waals surface area contributed by atoms with Gasteiger partial charge in [0.05, 0.1) is 18.5 Å². The van der Waals surface area contributed by atoms with Gasteiger partial charge in [0.2, 0.25) is 5.13 Å². The molecule has 1 aromatic heterocycles. The molecule has 1 heterocycles. The Kier molecular flexibility index (Phi) is 4.91. The Morgan fingerprint density at radius 1 is 1.08 bits per heavy atom. The molecule has 0 spiro atoms. The second-order valence-electron chi connectivity index (χ2n) is 5.33. The zero-order chi connectivity index (χ0) is 16.9. The van der Waals surface area contributed by atoms with Crippen LogP contribution in [0.25, 0.3) is 11.3 Å². The first-order valence-electron chi connectivity index (χ1n) is 7.65. The van der Waals surface area contributed by atoms with Crippen molar-refractivity contribution in [2.75, 3.05) is 12.5 Å². The van der Waals surface area contributed by atoms with Gasteiger partial charge in [0, 0.05) is 10.4 Å². The van der Waals surface area contributed by atoms with Crippen molar-refractivity contribution < 1.29 is 4.74 Å². The van der Waals surface area contributed by atoms with Crippen molar-refractivity contribution in [3.63, 3.8) is 0 Å². The van der Waals surface area contributed by atoms with Gasteiger partial charge in [-0.2, -0.15) is 5.10 Å². The number of hydrazone groups is 1. The number of hydrogen-bond donors (Lipinski definition) is 1. The molecule has 0 bridgehead atoms. The van der Waals surface area contributed by atoms with E-state index in [9.17, 15) is 0 Å². The van der Waals surface area contributed by atoms with Crippen LogP contribution in [0.1, 0.15) is 17.4 Å². The van der Waals surface area contributed by atoms with Crippen LogP contribution >= 0.6 is 11.3 Å². The highest BCUT2D eigenvalue weighted by Crippen LogP contribution is 2.30. The minimum Gasteiger partial charge on any atom is -0.497 e. The maximum absolute atomic E-state index is 5.17. The van der Waals surface area contributed by atoms with Crippen LogP contribution in [-0.2, 0) is 0 Å². The molecule has 5 heteroatoms. The summed E-state index contributed by atoms with van der Waals surface area (Å²) in [7, 11) is 1.66. The number of nitrogens with one attached hydrogen (secondary N) is 1. The summed E-state index contributed by atoms with van der Waals surface area (Å²) in [6.07, 6.45) is 0. The summed E-state index contributed by atoms with van der Waals surface area (Å²) in [6, 6.07) is 18.0. The molecule has 3 aromatic rings. The standard InChI is InChI=1S/C19H19N3OS/c1-13(15-9-11-17(23-3)12-10-15)21-22-19-20-18(14(2)24-19)16-7-5-4-6-8-16/h4-12H,1-3H3,(H,20,22)/b21-13-. The van der Waals surface area contributed by atoms with Crippen molar-refractivity contribution in [1.82, 2.24) is 4.98 Å². The number of aromatic nitrogens is 1. The van der Waals surface area contributed by atoms with Crippen LogP contribution in [0.15, 0.2) is 59.7 Å². The fourth-order valence-electron chi connectivity index (χ4n) is 2.34. The number of benzene rings is 2. The lowest BCUT2D eigenvalue weighted by molar-refractivity contribution is 0.415. The second-order valence-corrected chi connectivity index (χ2v) is 6.53. The van der Waals surface area contributed by atoms with Gasteiger partial charge in [-0.1, -0.05) is 30.3 Å². The normalized spacial score (nSPS) is 11.4. The molecule has 4 nitrogen and oxygen atoms in total. The Morgan fingerprint density at radius 3 is 2.46 bits per heavy atom. The Labute approximate surface area is 145 Å². The van der Waals surface area contributed by atoms with Crippen molar-refractivity contribution in [3.05, 3.63) is 65.0 Å². The van der Waals surface area contributed by atoms with Gasteiger partial charge in [0.1, 0.15) is 5.75 Å². The molecule has 3 rings (SSSR count). The summed E-state index contributed by atoms with van der Waals surface area (Å²) in [5.74, 6) is 0.836. The molecule has 24 heavy (non-hydrogen) atoms. The first-order chi connectivity index (χ1) is 11.7. The number of methoxy groups -OCH3 is 1. The van der Waals surface area contributed by atoms with E-state index in [2.05, 4.69) is 34.6 Å². The van der Waals surface area contributed by atoms with Gasteiger partial charge in [0.15, 0.2) is 0 Å². The molecular weight excluding hydrogens is 318 g/mol. The van der Waals surface area contributed by atoms with E-state index in [1.165, 1.54) is 4.88 Å². The van der Waals surface area contributed by atoms with Crippen LogP contribution in [0.2, 0.25) is 0 Å². The Bertz CT molecular complexity index is 839. The molecule has 0 aliphatic rings. The molecule has 0 aliphatic heterocycles. The van der Waals surface area contributed by atoms with E-state index in [0.29, 0.717) is 0 Å². The smallest absolute Gasteiger partial charge is 0.204 e. The monoisotopic (exact) mass is 337 g/mol. The van der Waals surface area contributed by atoms with Crippen LogP contribution in [-0.4, -0.2) is 17.8 Å². The lowest BCUT2D eigenvalue weighted by Crippen LogP contribution is -1.99. The molecule has 0 unspecified atom stereocenters. The molecule has 0 amide bonds. The summed E-state index contributed by atoms with van der Waals surface area (Å²) in [6.45, 7) is 4.04. The minimum atomic E-state index is 0.791. The van der Waals surface area contributed by atoms with Gasteiger partial charge in [-0.15, -0.1) is 11.3 Å². The predicted octanol–water partition coefficient (Wildman–Crippen LogP) is 4.96. The summed E-state index contributed by atoms with van der Waals surface area (Å²) in [5.41, 5.74) is 7.12. The molecule has 0 radical (unpaired) electrons. The van der Waals surface area contributed by atoms with E-state index in [4.69, 9.17) is 4.74 Å². The third-order valence-electron chi connectivity index (χ3n) is 3.67. The molecule has 0 atom stereocenters. The fraction of sp³-hybridized carbons (Fsp3) is 0.158. The highest BCUT2D eigenvalue weighted by atomic mass is 32.1. The van der Waals surface area contributed by atoms with Gasteiger partial charge < -0.3 is 4.74 Å². The number of anilines is 1. The number of nitrogens with zero attached hydrogens (tertiary/aromatic N) is 2. The molecule has 122 valence electrons. The third-order valence-corrected chi connectivity index (χ3v) is 4.55. The van der Waals surface area contributed by atoms with Crippen molar-refractivity contribution >= 4 is 22.2 Å². The zero-order valence-corrected chi connectivity index (χ0v) is 14.7. The lowest BCUT2D eigenvalue weighted by Gasteiger charge is -2.03. The van der Waals surface area contributed by atoms with Crippen LogP contribution in [0, 0.1) is 6.92 Å². The summed E-state index contributed by atoms with van der Waals surface area (Å²) in [4.78, 5) is 5.82. The van der Waals surface area contributed by atoms with E-state index in [1.807, 2.05) is 49.4 Å². The molecular formula is C19H19N3OS. The van der Waals surface area contributed by atoms with Gasteiger partial charge in [0.25, 0.3) is 0 Å². The average molecular weight is 337 g/mol. The summed E-state index contributed by atoms with van der Waals surface area (Å²) in [5, 5.41) is 5.23. The zero-order valence-electron chi connectivity index (χ0n) is 13.9. The van der Waals surface area contributed by atoms with Gasteiger partial charge in [-0.3, -0.25) is 5.43 Å². The molecule has 0 saturated heterocycles. The first kappa shape index (κ1) is 16.2. The second kappa shape index (κ2) is 7.27. The number of hydrogen-bond acceptors (Lipinski definition) is 5. The van der Waals surface area contributed by atoms with E-state index in [1.54, 1.807) is 18.4 Å². The topological polar surface area (TPSA) is 46.5 Å². The molecule has 0 saturated carbocycles. The van der Waals surface area contributed by atoms with Crippen LogP contribution < -0.4 is 10.2 Å². The third kappa shape index (κ3) is 3.63. The van der Waals surface area contributed by atoms with Gasteiger partial charge >= 0.3 is 0 Å². The SMILES string of the molecule is COc1ccc(/C(C)=N\Nc2nc(-c3ccccc3)c(C)s2)cc1. The molecule has 2 aromatic carbocycles. The lowest BCUT2D eigenvalue weighted by atomic mass is 10.1. The summed E-state index contributed by atoms with van der Waals surface area (Å²) >= 11 is 1.60. The molecule has 0 aliphatic carbocycles. The highest BCUT2D eigenvalue weighted by Gasteiger charge is 2.09. The highest BCUT2D eigenvalue weighted by molar-refractivity contribution is 7.16. The van der Waals surface area contributed by atoms with E-state index in [0.717, 1.165) is 33.4 Å². The van der Waals surface area contributed by atoms with Gasteiger partial charge in [-0.25, -0.2) is 4.98 Å². The Balaban J connectivity index is 1.76. The van der Waals surface area contributed by atoms with Crippen molar-refractivity contribution in [2.24, 2.45) is 5.10 Å². The summed E-state index contributed by atoms with van der Waals surface area (Å²) < 4.78 is 5.17. The first-order valence-corrected chi connectivity index (χ1v) is 8.46. The van der Waals surface area contributed by atoms with Crippen molar-refractivity contribution in [1.29, 1.82) is 0 Å². The number of rotatable bonds is 5. The predicted molar refractivity (Wildman–Crippen MR) is 101 cm³/mol. The van der Waals surface area contributed by atoms with Crippen molar-refractivity contribution in [2.45, 2.75) is 13.8 Å². The molecule has 0 fully saturated rings. The maximum Gasteiger partial charge on any atom is 0.204 e. The Morgan fingerprint density at radius 2 is 1.79 bits per heavy atom. The largest absolute Gasteiger partial charge is 0.497 e. The van der Waals surface area contributed by atoms with Crippen molar-refractivity contribution in [3.8, 4) is 17.0 Å². The fourth-order valence-corrected chi connectivity index (χ4v) is 3.11. The van der Waals surface area contributed by atoms with E-state index < -0.39 is 0 Å². The molecule has 1 N–H and O–H groups in total. The van der Waals surface area contributed by atoms with E-state index in [-0.39, 0.29) is 0 Å². The number of aryl methyl sites for hydroxylation is 1. The quantitative estimate of drug-likeness (QED) is 0.528. The van der Waals surface area contributed by atoms with Crippen LogP contribution in [0.3, 0.4) is 0 Å². The van der Waals surface area contributed by atoms with E-state index >= 15 is 0 Å². The maximum atomic E-state index is 5.17. The minimum absolute atomic E-state index is 0.791. The van der Waals surface area contributed by atoms with Gasteiger partial charge in [-0.05, 0) is 43.7 Å². The van der Waals surface area contributed by atoms with Crippen LogP contribution in [0.5, 0.6) is 5.75 Å². The Hall–Kier alpha value is -2.66. The average Bonchev–Trinajstić information content (AvgIpc) is 3.01. The number of ether oxygens (including phenoxy) is 1. The number of thiazole rings is 1. The van der Waals surface area contributed by atoms with Crippen LogP contribution in [0.4, 0.5) is 5.13 Å².